The number of benzene rings is 2. The highest BCUT2D eigenvalue weighted by molar-refractivity contribution is 6.06. The normalized spacial score (nSPS) is 10.7. The van der Waals surface area contributed by atoms with Crippen LogP contribution in [0.15, 0.2) is 47.3 Å². The molecule has 2 aromatic carbocycles. The molecule has 128 valence electrons. The Balaban J connectivity index is 2.38. The summed E-state index contributed by atoms with van der Waals surface area (Å²) in [6, 6.07) is 13.1. The molecule has 3 aromatic rings. The summed E-state index contributed by atoms with van der Waals surface area (Å²) in [5.74, 6) is -0.000987. The van der Waals surface area contributed by atoms with Gasteiger partial charge in [0.2, 0.25) is 0 Å². The Morgan fingerprint density at radius 2 is 1.84 bits per heavy atom. The van der Waals surface area contributed by atoms with E-state index in [-0.39, 0.29) is 12.2 Å². The fraction of sp³-hybridized carbons (Fsp3) is 0.200. The van der Waals surface area contributed by atoms with E-state index in [1.807, 2.05) is 37.3 Å². The molecule has 0 unspecified atom stereocenters. The predicted molar refractivity (Wildman–Crippen MR) is 97.3 cm³/mol. The molecule has 0 fully saturated rings. The summed E-state index contributed by atoms with van der Waals surface area (Å²) in [6.45, 7) is 3.90. The van der Waals surface area contributed by atoms with Gasteiger partial charge in [-0.1, -0.05) is 29.8 Å². The molecule has 0 amide bonds. The predicted octanol–water partition coefficient (Wildman–Crippen LogP) is 3.69. The van der Waals surface area contributed by atoms with Crippen LogP contribution in [-0.2, 0) is 4.74 Å². The first kappa shape index (κ1) is 16.8. The maximum atomic E-state index is 12.6. The van der Waals surface area contributed by atoms with Gasteiger partial charge >= 0.3 is 5.97 Å². The van der Waals surface area contributed by atoms with Crippen molar-refractivity contribution in [1.29, 1.82) is 0 Å². The quantitative estimate of drug-likeness (QED) is 0.737. The monoisotopic (exact) mass is 337 g/mol. The summed E-state index contributed by atoms with van der Waals surface area (Å²) in [4.78, 5) is 27.8. The molecular formula is C20H19NO4. The van der Waals surface area contributed by atoms with E-state index in [2.05, 4.69) is 4.98 Å². The first-order valence-corrected chi connectivity index (χ1v) is 8.03. The number of pyridine rings is 1. The molecule has 5 nitrogen and oxygen atoms in total. The van der Waals surface area contributed by atoms with Gasteiger partial charge in [-0.25, -0.2) is 4.79 Å². The number of aryl methyl sites for hydroxylation is 1. The largest absolute Gasteiger partial charge is 0.497 e. The third kappa shape index (κ3) is 3.13. The van der Waals surface area contributed by atoms with Crippen molar-refractivity contribution in [2.45, 2.75) is 13.8 Å². The van der Waals surface area contributed by atoms with Gasteiger partial charge in [-0.05, 0) is 31.5 Å². The number of nitrogens with one attached hydrogen (secondary N) is 1. The van der Waals surface area contributed by atoms with E-state index in [9.17, 15) is 9.59 Å². The molecular weight excluding hydrogens is 318 g/mol. The van der Waals surface area contributed by atoms with Crippen LogP contribution in [0.1, 0.15) is 22.8 Å². The van der Waals surface area contributed by atoms with E-state index in [0.717, 1.165) is 16.5 Å². The summed E-state index contributed by atoms with van der Waals surface area (Å²) >= 11 is 0. The Labute approximate surface area is 145 Å². The lowest BCUT2D eigenvalue weighted by molar-refractivity contribution is 0.0525. The molecule has 0 saturated heterocycles. The molecule has 0 radical (unpaired) electrons. The molecule has 0 spiro atoms. The van der Waals surface area contributed by atoms with Crippen LogP contribution in [0, 0.1) is 6.92 Å². The molecule has 0 bridgehead atoms. The molecule has 3 rings (SSSR count). The van der Waals surface area contributed by atoms with Crippen molar-refractivity contribution in [3.8, 4) is 16.9 Å². The van der Waals surface area contributed by atoms with Crippen molar-refractivity contribution in [2.75, 3.05) is 13.7 Å². The molecule has 1 aromatic heterocycles. The maximum absolute atomic E-state index is 12.6. The summed E-state index contributed by atoms with van der Waals surface area (Å²) in [6.07, 6.45) is 0. The van der Waals surface area contributed by atoms with Crippen molar-refractivity contribution >= 4 is 16.9 Å². The Hall–Kier alpha value is -3.08. The van der Waals surface area contributed by atoms with Crippen molar-refractivity contribution in [1.82, 2.24) is 4.98 Å². The van der Waals surface area contributed by atoms with E-state index in [1.165, 1.54) is 0 Å². The number of esters is 1. The number of aromatic amines is 1. The van der Waals surface area contributed by atoms with Gasteiger partial charge in [0, 0.05) is 17.0 Å². The van der Waals surface area contributed by atoms with Crippen LogP contribution in [-0.4, -0.2) is 24.7 Å². The maximum Gasteiger partial charge on any atom is 0.344 e. The molecule has 1 heterocycles. The van der Waals surface area contributed by atoms with Crippen LogP contribution in [0.4, 0.5) is 0 Å². The summed E-state index contributed by atoms with van der Waals surface area (Å²) in [7, 11) is 1.56. The Morgan fingerprint density at radius 1 is 1.12 bits per heavy atom. The van der Waals surface area contributed by atoms with Crippen LogP contribution in [0.5, 0.6) is 5.75 Å². The number of rotatable bonds is 4. The van der Waals surface area contributed by atoms with Crippen LogP contribution in [0.3, 0.4) is 0 Å². The third-order valence-electron chi connectivity index (χ3n) is 4.04. The fourth-order valence-electron chi connectivity index (χ4n) is 2.82. The topological polar surface area (TPSA) is 68.4 Å². The standard InChI is InChI=1S/C20H19NO4/c1-4-25-20(23)18-17(13-7-5-12(2)6-8-13)15-10-9-14(24-3)11-16(15)21-19(18)22/h5-11H,4H2,1-3H3,(H,21,22). The Bertz CT molecular complexity index is 987. The van der Waals surface area contributed by atoms with Crippen molar-refractivity contribution in [2.24, 2.45) is 0 Å². The minimum absolute atomic E-state index is 0.0170. The van der Waals surface area contributed by atoms with Crippen molar-refractivity contribution < 1.29 is 14.3 Å². The van der Waals surface area contributed by atoms with E-state index < -0.39 is 11.5 Å². The average Bonchev–Trinajstić information content (AvgIpc) is 2.61. The highest BCUT2D eigenvalue weighted by Crippen LogP contribution is 2.32. The number of carbonyl (C=O) groups excluding carboxylic acids is 1. The van der Waals surface area contributed by atoms with Gasteiger partial charge in [0.1, 0.15) is 11.3 Å². The van der Waals surface area contributed by atoms with Gasteiger partial charge in [-0.3, -0.25) is 4.79 Å². The minimum atomic E-state index is -0.628. The zero-order valence-corrected chi connectivity index (χ0v) is 14.4. The van der Waals surface area contributed by atoms with Crippen LogP contribution in [0.2, 0.25) is 0 Å². The number of hydrogen-bond donors (Lipinski definition) is 1. The average molecular weight is 337 g/mol. The minimum Gasteiger partial charge on any atom is -0.497 e. The van der Waals surface area contributed by atoms with Gasteiger partial charge in [-0.15, -0.1) is 0 Å². The lowest BCUT2D eigenvalue weighted by atomic mass is 9.95. The smallest absolute Gasteiger partial charge is 0.344 e. The molecule has 0 aliphatic heterocycles. The number of aromatic nitrogens is 1. The third-order valence-corrected chi connectivity index (χ3v) is 4.04. The molecule has 1 N–H and O–H groups in total. The zero-order chi connectivity index (χ0) is 18.0. The first-order valence-electron chi connectivity index (χ1n) is 8.03. The highest BCUT2D eigenvalue weighted by atomic mass is 16.5. The van der Waals surface area contributed by atoms with Crippen molar-refractivity contribution in [3.05, 3.63) is 63.9 Å². The van der Waals surface area contributed by atoms with Crippen LogP contribution < -0.4 is 10.3 Å². The number of carbonyl (C=O) groups is 1. The van der Waals surface area contributed by atoms with E-state index >= 15 is 0 Å². The van der Waals surface area contributed by atoms with E-state index in [1.54, 1.807) is 26.2 Å². The molecule has 5 heteroatoms. The number of methoxy groups -OCH3 is 1. The number of ether oxygens (including phenoxy) is 2. The zero-order valence-electron chi connectivity index (χ0n) is 14.4. The molecule has 0 aliphatic rings. The summed E-state index contributed by atoms with van der Waals surface area (Å²) in [5.41, 5.74) is 2.60. The first-order chi connectivity index (χ1) is 12.0. The van der Waals surface area contributed by atoms with Gasteiger partial charge in [-0.2, -0.15) is 0 Å². The second-order valence-corrected chi connectivity index (χ2v) is 5.70. The molecule has 0 saturated carbocycles. The molecule has 0 atom stereocenters. The lowest BCUT2D eigenvalue weighted by Crippen LogP contribution is -2.21. The van der Waals surface area contributed by atoms with E-state index in [0.29, 0.717) is 16.8 Å². The van der Waals surface area contributed by atoms with Crippen LogP contribution >= 0.6 is 0 Å². The Kier molecular flexibility index (Phi) is 4.57. The van der Waals surface area contributed by atoms with Gasteiger partial charge < -0.3 is 14.5 Å². The van der Waals surface area contributed by atoms with Gasteiger partial charge in [0.05, 0.1) is 19.2 Å². The Morgan fingerprint density at radius 3 is 2.48 bits per heavy atom. The van der Waals surface area contributed by atoms with Crippen molar-refractivity contribution in [3.63, 3.8) is 0 Å². The number of fused-ring (bicyclic) bond motifs is 1. The highest BCUT2D eigenvalue weighted by Gasteiger charge is 2.22. The SMILES string of the molecule is CCOC(=O)c1c(-c2ccc(C)cc2)c2ccc(OC)cc2[nH]c1=O. The summed E-state index contributed by atoms with van der Waals surface area (Å²) < 4.78 is 10.3. The molecule has 25 heavy (non-hydrogen) atoms. The fourth-order valence-corrected chi connectivity index (χ4v) is 2.82. The second-order valence-electron chi connectivity index (χ2n) is 5.70. The second kappa shape index (κ2) is 6.81. The lowest BCUT2D eigenvalue weighted by Gasteiger charge is -2.13. The molecule has 0 aliphatic carbocycles. The summed E-state index contributed by atoms with van der Waals surface area (Å²) in [5, 5.41) is 0.757. The van der Waals surface area contributed by atoms with Crippen LogP contribution in [0.25, 0.3) is 22.0 Å². The number of H-pyrrole nitrogens is 1. The van der Waals surface area contributed by atoms with Gasteiger partial charge in [0.15, 0.2) is 0 Å². The van der Waals surface area contributed by atoms with Gasteiger partial charge in [0.25, 0.3) is 5.56 Å². The van der Waals surface area contributed by atoms with E-state index in [4.69, 9.17) is 9.47 Å². The number of hydrogen-bond acceptors (Lipinski definition) is 4.